The summed E-state index contributed by atoms with van der Waals surface area (Å²) in [6, 6.07) is -0.603. The minimum Gasteiger partial charge on any atom is -0.344 e. The van der Waals surface area contributed by atoms with Crippen molar-refractivity contribution in [1.82, 2.24) is 15.2 Å². The van der Waals surface area contributed by atoms with E-state index in [1.54, 1.807) is 6.20 Å². The maximum absolute atomic E-state index is 13.1. The van der Waals surface area contributed by atoms with Gasteiger partial charge in [-0.2, -0.15) is 0 Å². The zero-order valence-electron chi connectivity index (χ0n) is 17.1. The number of rotatable bonds is 6. The Kier molecular flexibility index (Phi) is 6.01. The van der Waals surface area contributed by atoms with Crippen LogP contribution < -0.4 is 5.32 Å². The Balaban J connectivity index is 1.81. The predicted octanol–water partition coefficient (Wildman–Crippen LogP) is 3.62. The van der Waals surface area contributed by atoms with Crippen molar-refractivity contribution in [3.8, 4) is 0 Å². The van der Waals surface area contributed by atoms with E-state index in [1.807, 2.05) is 31.9 Å². The molecule has 2 fully saturated rings. The predicted molar refractivity (Wildman–Crippen MR) is 112 cm³/mol. The molecule has 3 rings (SSSR count). The largest absolute Gasteiger partial charge is 0.344 e. The number of carbonyl (C=O) groups excluding carboxylic acids is 2. The van der Waals surface area contributed by atoms with E-state index in [-0.39, 0.29) is 11.8 Å². The third-order valence-corrected chi connectivity index (χ3v) is 5.33. The van der Waals surface area contributed by atoms with Crippen molar-refractivity contribution in [3.05, 3.63) is 11.8 Å². The lowest BCUT2D eigenvalue weighted by molar-refractivity contribution is -0.136. The van der Waals surface area contributed by atoms with Gasteiger partial charge in [-0.15, -0.1) is 0 Å². The van der Waals surface area contributed by atoms with Crippen LogP contribution in [0.4, 0.5) is 11.5 Å². The Morgan fingerprint density at radius 1 is 1.29 bits per heavy atom. The van der Waals surface area contributed by atoms with Crippen LogP contribution in [0.3, 0.4) is 0 Å². The molecule has 1 aromatic rings. The lowest BCUT2D eigenvalue weighted by atomic mass is 9.85. The summed E-state index contributed by atoms with van der Waals surface area (Å²) in [4.78, 5) is 39.4. The van der Waals surface area contributed by atoms with Gasteiger partial charge in [0.1, 0.15) is 11.7 Å². The van der Waals surface area contributed by atoms with Gasteiger partial charge in [-0.1, -0.05) is 20.8 Å². The molecule has 28 heavy (non-hydrogen) atoms. The van der Waals surface area contributed by atoms with Gasteiger partial charge in [0.25, 0.3) is 5.91 Å². The Morgan fingerprint density at radius 2 is 1.96 bits per heavy atom. The third kappa shape index (κ3) is 4.69. The van der Waals surface area contributed by atoms with Crippen molar-refractivity contribution in [3.63, 3.8) is 0 Å². The Labute approximate surface area is 166 Å². The lowest BCUT2D eigenvalue weighted by Gasteiger charge is -2.36. The number of aliphatic imine (C=N–C) groups is 2. The number of amides is 2. The van der Waals surface area contributed by atoms with Crippen LogP contribution in [-0.4, -0.2) is 53.8 Å². The average molecular weight is 386 g/mol. The fraction of sp³-hybridized carbons (Fsp3) is 0.619. The minimum atomic E-state index is -0.603. The SMILES string of the molecule is C=Nc1[nH]cc(C(=O)NC(C(=O)N2CCCCC2)C(C)(C)C)c1N=CC1CC1. The van der Waals surface area contributed by atoms with Gasteiger partial charge in [0.2, 0.25) is 5.91 Å². The summed E-state index contributed by atoms with van der Waals surface area (Å²) in [5.74, 6) is 0.615. The first-order valence-electron chi connectivity index (χ1n) is 10.1. The van der Waals surface area contributed by atoms with Crippen LogP contribution >= 0.6 is 0 Å². The van der Waals surface area contributed by atoms with E-state index in [0.29, 0.717) is 23.0 Å². The second-order valence-electron chi connectivity index (χ2n) is 8.83. The number of likely N-dealkylation sites (tertiary alicyclic amines) is 1. The highest BCUT2D eigenvalue weighted by Gasteiger charge is 2.36. The van der Waals surface area contributed by atoms with Crippen LogP contribution in [0.2, 0.25) is 0 Å². The van der Waals surface area contributed by atoms with E-state index in [2.05, 4.69) is 27.0 Å². The van der Waals surface area contributed by atoms with E-state index < -0.39 is 11.5 Å². The van der Waals surface area contributed by atoms with Crippen LogP contribution in [0, 0.1) is 11.3 Å². The number of H-pyrrole nitrogens is 1. The third-order valence-electron chi connectivity index (χ3n) is 5.33. The molecule has 0 spiro atoms. The molecule has 1 saturated carbocycles. The molecule has 1 saturated heterocycles. The van der Waals surface area contributed by atoms with Gasteiger partial charge >= 0.3 is 0 Å². The number of piperidine rings is 1. The zero-order chi connectivity index (χ0) is 20.3. The summed E-state index contributed by atoms with van der Waals surface area (Å²) in [5.41, 5.74) is 0.467. The maximum atomic E-state index is 13.1. The topological polar surface area (TPSA) is 89.9 Å². The molecular weight excluding hydrogens is 354 g/mol. The van der Waals surface area contributed by atoms with Crippen molar-refractivity contribution >= 4 is 36.3 Å². The molecule has 152 valence electrons. The van der Waals surface area contributed by atoms with Gasteiger partial charge < -0.3 is 15.2 Å². The first-order chi connectivity index (χ1) is 13.3. The molecular formula is C21H31N5O2. The van der Waals surface area contributed by atoms with E-state index in [0.717, 1.165) is 45.2 Å². The maximum Gasteiger partial charge on any atom is 0.255 e. The van der Waals surface area contributed by atoms with Gasteiger partial charge in [0.05, 0.1) is 5.56 Å². The van der Waals surface area contributed by atoms with Crippen molar-refractivity contribution in [1.29, 1.82) is 0 Å². The fourth-order valence-corrected chi connectivity index (χ4v) is 3.41. The molecule has 7 heteroatoms. The normalized spacial score (nSPS) is 18.9. The molecule has 0 radical (unpaired) electrons. The van der Waals surface area contributed by atoms with Crippen molar-refractivity contribution in [2.45, 2.75) is 58.9 Å². The Bertz CT molecular complexity index is 764. The standard InChI is InChI=1S/C21H31N5O2/c1-21(2,3)17(20(28)26-10-6-5-7-11-26)25-19(27)15-13-24-18(22-4)16(15)23-12-14-8-9-14/h12-14,17,24H,4-11H2,1-3H3,(H,25,27). The van der Waals surface area contributed by atoms with E-state index in [4.69, 9.17) is 0 Å². The first-order valence-corrected chi connectivity index (χ1v) is 10.1. The van der Waals surface area contributed by atoms with Crippen molar-refractivity contribution < 1.29 is 9.59 Å². The van der Waals surface area contributed by atoms with Crippen LogP contribution in [0.15, 0.2) is 16.2 Å². The summed E-state index contributed by atoms with van der Waals surface area (Å²) in [6.45, 7) is 11.0. The number of aromatic nitrogens is 1. The molecule has 0 aromatic carbocycles. The molecule has 1 aliphatic heterocycles. The first kappa shape index (κ1) is 20.3. The molecule has 1 atom stereocenters. The van der Waals surface area contributed by atoms with Gasteiger partial charge in [-0.3, -0.25) is 14.6 Å². The second kappa shape index (κ2) is 8.29. The second-order valence-corrected chi connectivity index (χ2v) is 8.83. The quantitative estimate of drug-likeness (QED) is 0.732. The molecule has 1 unspecified atom stereocenters. The molecule has 2 N–H and O–H groups in total. The molecule has 1 aromatic heterocycles. The molecule has 2 amide bonds. The number of nitrogens with zero attached hydrogens (tertiary/aromatic N) is 3. The smallest absolute Gasteiger partial charge is 0.255 e. The lowest BCUT2D eigenvalue weighted by Crippen LogP contribution is -2.55. The molecule has 2 heterocycles. The monoisotopic (exact) mass is 385 g/mol. The molecule has 7 nitrogen and oxygen atoms in total. The summed E-state index contributed by atoms with van der Waals surface area (Å²) in [6.07, 6.45) is 8.90. The molecule has 0 bridgehead atoms. The van der Waals surface area contributed by atoms with Crippen LogP contribution in [0.25, 0.3) is 0 Å². The summed E-state index contributed by atoms with van der Waals surface area (Å²) < 4.78 is 0. The van der Waals surface area contributed by atoms with Crippen molar-refractivity contribution in [2.24, 2.45) is 21.3 Å². The molecule has 2 aliphatic rings. The van der Waals surface area contributed by atoms with Crippen LogP contribution in [0.1, 0.15) is 63.2 Å². The van der Waals surface area contributed by atoms with Gasteiger partial charge in [0.15, 0.2) is 5.82 Å². The highest BCUT2D eigenvalue weighted by molar-refractivity contribution is 6.04. The number of hydrogen-bond donors (Lipinski definition) is 2. The molecule has 1 aliphatic carbocycles. The van der Waals surface area contributed by atoms with Gasteiger partial charge in [0, 0.05) is 25.5 Å². The Hall–Kier alpha value is -2.44. The van der Waals surface area contributed by atoms with Gasteiger partial charge in [-0.25, -0.2) is 4.99 Å². The zero-order valence-corrected chi connectivity index (χ0v) is 17.1. The highest BCUT2D eigenvalue weighted by atomic mass is 16.2. The summed E-state index contributed by atoms with van der Waals surface area (Å²) >= 11 is 0. The average Bonchev–Trinajstić information content (AvgIpc) is 3.41. The highest BCUT2D eigenvalue weighted by Crippen LogP contribution is 2.34. The summed E-state index contributed by atoms with van der Waals surface area (Å²) in [7, 11) is 0. The minimum absolute atomic E-state index is 0.0128. The van der Waals surface area contributed by atoms with E-state index in [9.17, 15) is 9.59 Å². The van der Waals surface area contributed by atoms with E-state index >= 15 is 0 Å². The summed E-state index contributed by atoms with van der Waals surface area (Å²) in [5, 5.41) is 2.97. The van der Waals surface area contributed by atoms with Gasteiger partial charge in [-0.05, 0) is 50.2 Å². The number of hydrogen-bond acceptors (Lipinski definition) is 4. The Morgan fingerprint density at radius 3 is 2.54 bits per heavy atom. The number of aromatic amines is 1. The van der Waals surface area contributed by atoms with Crippen LogP contribution in [0.5, 0.6) is 0 Å². The van der Waals surface area contributed by atoms with E-state index in [1.165, 1.54) is 0 Å². The number of carbonyl (C=O) groups is 2. The number of nitrogens with one attached hydrogen (secondary N) is 2. The van der Waals surface area contributed by atoms with Crippen molar-refractivity contribution in [2.75, 3.05) is 13.1 Å². The fourth-order valence-electron chi connectivity index (χ4n) is 3.41. The van der Waals surface area contributed by atoms with Crippen LogP contribution in [-0.2, 0) is 4.79 Å².